The van der Waals surface area contributed by atoms with Gasteiger partial charge in [0.1, 0.15) is 11.6 Å². The molecule has 0 radical (unpaired) electrons. The number of amides is 1. The minimum atomic E-state index is -0.807. The highest BCUT2D eigenvalue weighted by atomic mass is 16.2. The molecule has 9 heteroatoms. The average molecular weight is 349 g/mol. The zero-order chi connectivity index (χ0) is 18.1. The molecular weight excluding hydrogens is 334 g/mol. The number of nitrogens with one attached hydrogen (secondary N) is 1. The van der Waals surface area contributed by atoms with Crippen LogP contribution in [0.1, 0.15) is 18.8 Å². The highest BCUT2D eigenvalue weighted by molar-refractivity contribution is 5.81. The lowest BCUT2D eigenvalue weighted by Gasteiger charge is -2.13. The molecule has 0 bridgehead atoms. The van der Waals surface area contributed by atoms with Gasteiger partial charge in [0.25, 0.3) is 5.56 Å². The van der Waals surface area contributed by atoms with Gasteiger partial charge in [0.15, 0.2) is 11.5 Å². The van der Waals surface area contributed by atoms with Crippen molar-refractivity contribution in [1.82, 2.24) is 34.9 Å². The number of carbonyl (C=O) groups excluding carboxylic acids is 1. The third-order valence-corrected chi connectivity index (χ3v) is 4.14. The quantitative estimate of drug-likeness (QED) is 0.581. The highest BCUT2D eigenvalue weighted by Crippen LogP contribution is 2.07. The number of benzene rings is 1. The van der Waals surface area contributed by atoms with Gasteiger partial charge in [-0.2, -0.15) is 4.68 Å². The van der Waals surface area contributed by atoms with Crippen LogP contribution in [-0.2, 0) is 11.3 Å². The normalized spacial score (nSPS) is 12.3. The van der Waals surface area contributed by atoms with Gasteiger partial charge in [-0.15, -0.1) is 15.3 Å². The van der Waals surface area contributed by atoms with Crippen molar-refractivity contribution in [1.29, 1.82) is 0 Å². The van der Waals surface area contributed by atoms with Crippen LogP contribution in [0.5, 0.6) is 0 Å². The SMILES string of the molecule is C[C@@H](C(=O)NCc1nnc2ccccn12)n1nnc2ccccc2c1=O. The molecule has 1 aromatic carbocycles. The van der Waals surface area contributed by atoms with Gasteiger partial charge in [-0.25, -0.2) is 0 Å². The molecule has 0 spiro atoms. The molecule has 0 saturated carbocycles. The van der Waals surface area contributed by atoms with Gasteiger partial charge in [0, 0.05) is 6.20 Å². The van der Waals surface area contributed by atoms with Crippen molar-refractivity contribution < 1.29 is 4.79 Å². The number of hydrogen-bond acceptors (Lipinski definition) is 6. The molecule has 1 atom stereocenters. The van der Waals surface area contributed by atoms with Gasteiger partial charge in [-0.3, -0.25) is 14.0 Å². The van der Waals surface area contributed by atoms with E-state index in [9.17, 15) is 9.59 Å². The summed E-state index contributed by atoms with van der Waals surface area (Å²) >= 11 is 0. The molecule has 0 unspecified atom stereocenters. The van der Waals surface area contributed by atoms with E-state index in [1.165, 1.54) is 0 Å². The van der Waals surface area contributed by atoms with Crippen molar-refractivity contribution >= 4 is 22.5 Å². The number of carbonyl (C=O) groups is 1. The molecule has 0 aliphatic rings. The maximum Gasteiger partial charge on any atom is 0.278 e. The van der Waals surface area contributed by atoms with Gasteiger partial charge in [0.2, 0.25) is 5.91 Å². The summed E-state index contributed by atoms with van der Waals surface area (Å²) in [6.45, 7) is 1.78. The number of pyridine rings is 1. The van der Waals surface area contributed by atoms with Crippen LogP contribution in [0.4, 0.5) is 0 Å². The van der Waals surface area contributed by atoms with Crippen molar-refractivity contribution in [3.05, 3.63) is 64.8 Å². The molecule has 0 aliphatic carbocycles. The molecule has 3 heterocycles. The number of fused-ring (bicyclic) bond motifs is 2. The predicted molar refractivity (Wildman–Crippen MR) is 93.3 cm³/mol. The van der Waals surface area contributed by atoms with E-state index in [0.717, 1.165) is 4.68 Å². The molecule has 1 amide bonds. The summed E-state index contributed by atoms with van der Waals surface area (Å²) in [5.74, 6) is 0.238. The smallest absolute Gasteiger partial charge is 0.278 e. The molecule has 4 rings (SSSR count). The summed E-state index contributed by atoms with van der Waals surface area (Å²) in [7, 11) is 0. The van der Waals surface area contributed by atoms with E-state index in [4.69, 9.17) is 0 Å². The lowest BCUT2D eigenvalue weighted by molar-refractivity contribution is -0.124. The number of rotatable bonds is 4. The van der Waals surface area contributed by atoms with Gasteiger partial charge < -0.3 is 5.32 Å². The number of hydrogen-bond donors (Lipinski definition) is 1. The van der Waals surface area contributed by atoms with Crippen LogP contribution < -0.4 is 10.9 Å². The predicted octanol–water partition coefficient (Wildman–Crippen LogP) is 0.712. The Kier molecular flexibility index (Phi) is 3.88. The number of nitrogens with zero attached hydrogens (tertiary/aromatic N) is 6. The van der Waals surface area contributed by atoms with Gasteiger partial charge in [-0.1, -0.05) is 23.4 Å². The van der Waals surface area contributed by atoms with E-state index in [0.29, 0.717) is 22.4 Å². The van der Waals surface area contributed by atoms with E-state index in [1.807, 2.05) is 24.4 Å². The summed E-state index contributed by atoms with van der Waals surface area (Å²) in [6.07, 6.45) is 1.82. The standard InChI is InChI=1S/C17H15N7O2/c1-11(24-17(26)12-6-2-3-7-13(12)19-22-24)16(25)18-10-15-21-20-14-8-4-5-9-23(14)15/h2-9,11H,10H2,1H3,(H,18,25)/t11-/m0/s1. The monoisotopic (exact) mass is 349 g/mol. The summed E-state index contributed by atoms with van der Waals surface area (Å²) in [5.41, 5.74) is 0.837. The Morgan fingerprint density at radius 1 is 1.12 bits per heavy atom. The van der Waals surface area contributed by atoms with Crippen LogP contribution in [0.15, 0.2) is 53.5 Å². The topological polar surface area (TPSA) is 107 Å². The van der Waals surface area contributed by atoms with Gasteiger partial charge >= 0.3 is 0 Å². The maximum atomic E-state index is 12.5. The lowest BCUT2D eigenvalue weighted by Crippen LogP contribution is -2.37. The fraction of sp³-hybridized carbons (Fsp3) is 0.176. The Morgan fingerprint density at radius 2 is 1.92 bits per heavy atom. The summed E-state index contributed by atoms with van der Waals surface area (Å²) in [4.78, 5) is 25.0. The Labute approximate surface area is 147 Å². The molecule has 130 valence electrons. The van der Waals surface area contributed by atoms with Crippen molar-refractivity contribution in [3.8, 4) is 0 Å². The zero-order valence-corrected chi connectivity index (χ0v) is 13.9. The third kappa shape index (κ3) is 2.69. The Bertz CT molecular complexity index is 1160. The van der Waals surface area contributed by atoms with Crippen LogP contribution in [0.3, 0.4) is 0 Å². The van der Waals surface area contributed by atoms with Crippen LogP contribution in [-0.4, -0.2) is 35.5 Å². The molecule has 26 heavy (non-hydrogen) atoms. The first-order valence-corrected chi connectivity index (χ1v) is 8.06. The molecule has 0 saturated heterocycles. The van der Waals surface area contributed by atoms with E-state index in [-0.39, 0.29) is 18.0 Å². The molecule has 4 aromatic rings. The van der Waals surface area contributed by atoms with E-state index in [2.05, 4.69) is 25.8 Å². The molecule has 0 aliphatic heterocycles. The van der Waals surface area contributed by atoms with E-state index >= 15 is 0 Å². The van der Waals surface area contributed by atoms with Gasteiger partial charge in [0.05, 0.1) is 11.9 Å². The summed E-state index contributed by atoms with van der Waals surface area (Å²) in [6, 6.07) is 11.6. The van der Waals surface area contributed by atoms with Crippen molar-refractivity contribution in [2.24, 2.45) is 0 Å². The molecule has 1 N–H and O–H groups in total. The van der Waals surface area contributed by atoms with Crippen molar-refractivity contribution in [3.63, 3.8) is 0 Å². The second kappa shape index (κ2) is 6.36. The lowest BCUT2D eigenvalue weighted by atomic mass is 10.2. The van der Waals surface area contributed by atoms with Crippen LogP contribution in [0.25, 0.3) is 16.6 Å². The van der Waals surface area contributed by atoms with E-state index < -0.39 is 6.04 Å². The van der Waals surface area contributed by atoms with E-state index in [1.54, 1.807) is 35.6 Å². The van der Waals surface area contributed by atoms with Crippen molar-refractivity contribution in [2.45, 2.75) is 19.5 Å². The highest BCUT2D eigenvalue weighted by Gasteiger charge is 2.19. The first-order valence-electron chi connectivity index (χ1n) is 8.06. The first kappa shape index (κ1) is 15.9. The second-order valence-corrected chi connectivity index (χ2v) is 5.80. The third-order valence-electron chi connectivity index (χ3n) is 4.14. The molecule has 9 nitrogen and oxygen atoms in total. The fourth-order valence-corrected chi connectivity index (χ4v) is 2.69. The van der Waals surface area contributed by atoms with Crippen LogP contribution >= 0.6 is 0 Å². The maximum absolute atomic E-state index is 12.5. The summed E-state index contributed by atoms with van der Waals surface area (Å²) in [5, 5.41) is 19.2. The first-order chi connectivity index (χ1) is 12.6. The molecular formula is C17H15N7O2. The Balaban J connectivity index is 1.55. The van der Waals surface area contributed by atoms with Crippen molar-refractivity contribution in [2.75, 3.05) is 0 Å². The molecule has 0 fully saturated rings. The Hall–Kier alpha value is -3.62. The number of aromatic nitrogens is 6. The zero-order valence-electron chi connectivity index (χ0n) is 13.9. The summed E-state index contributed by atoms with van der Waals surface area (Å²) < 4.78 is 2.87. The minimum Gasteiger partial charge on any atom is -0.347 e. The minimum absolute atomic E-state index is 0.185. The fourth-order valence-electron chi connectivity index (χ4n) is 2.69. The van der Waals surface area contributed by atoms with Gasteiger partial charge in [-0.05, 0) is 31.2 Å². The Morgan fingerprint density at radius 3 is 2.81 bits per heavy atom. The molecule has 3 aromatic heterocycles. The largest absolute Gasteiger partial charge is 0.347 e. The average Bonchev–Trinajstić information content (AvgIpc) is 3.09. The van der Waals surface area contributed by atoms with Crippen LogP contribution in [0.2, 0.25) is 0 Å². The van der Waals surface area contributed by atoms with Crippen LogP contribution in [0, 0.1) is 0 Å². The second-order valence-electron chi connectivity index (χ2n) is 5.80.